The van der Waals surface area contributed by atoms with E-state index in [9.17, 15) is 9.59 Å². The van der Waals surface area contributed by atoms with Gasteiger partial charge in [0.2, 0.25) is 0 Å². The average molecular weight is 511 g/mol. The Morgan fingerprint density at radius 1 is 1.03 bits per heavy atom. The number of nitrogens with zero attached hydrogens (tertiary/aromatic N) is 5. The molecule has 5 rings (SSSR count). The van der Waals surface area contributed by atoms with Gasteiger partial charge < -0.3 is 14.8 Å². The number of halogens is 2. The van der Waals surface area contributed by atoms with Crippen LogP contribution in [-0.2, 0) is 13.6 Å². The molecule has 1 aromatic carbocycles. The van der Waals surface area contributed by atoms with Crippen molar-refractivity contribution in [3.05, 3.63) is 80.6 Å². The van der Waals surface area contributed by atoms with Crippen molar-refractivity contribution in [3.63, 3.8) is 0 Å². The number of carbonyl (C=O) groups is 1. The van der Waals surface area contributed by atoms with Crippen LogP contribution in [0.4, 0.5) is 11.5 Å². The number of fused-ring (bicyclic) bond motifs is 1. The second-order valence-electron chi connectivity index (χ2n) is 8.72. The van der Waals surface area contributed by atoms with Gasteiger partial charge in [-0.3, -0.25) is 14.3 Å². The number of nitrogens with one attached hydrogen (secondary N) is 1. The highest BCUT2D eigenvalue weighted by Crippen LogP contribution is 2.26. The van der Waals surface area contributed by atoms with Gasteiger partial charge in [0, 0.05) is 44.1 Å². The third-order valence-electron chi connectivity index (χ3n) is 6.18. The number of hydrogen-bond acceptors (Lipinski definition) is 5. The summed E-state index contributed by atoms with van der Waals surface area (Å²) in [6, 6.07) is 7.06. The largest absolute Gasteiger partial charge is 0.357 e. The molecule has 0 atom stereocenters. The van der Waals surface area contributed by atoms with E-state index in [2.05, 4.69) is 20.3 Å². The third kappa shape index (κ3) is 4.90. The van der Waals surface area contributed by atoms with Crippen LogP contribution in [0.3, 0.4) is 0 Å². The normalized spacial score (nSPS) is 13.9. The van der Waals surface area contributed by atoms with Crippen molar-refractivity contribution in [2.75, 3.05) is 23.3 Å². The van der Waals surface area contributed by atoms with E-state index in [0.29, 0.717) is 32.1 Å². The van der Waals surface area contributed by atoms with Crippen molar-refractivity contribution in [1.29, 1.82) is 0 Å². The number of aryl methyl sites for hydroxylation is 1. The Labute approximate surface area is 212 Å². The lowest BCUT2D eigenvalue weighted by atomic mass is 10.1. The molecule has 10 heteroatoms. The highest BCUT2D eigenvalue weighted by Gasteiger charge is 2.19. The van der Waals surface area contributed by atoms with E-state index in [1.165, 1.54) is 11.0 Å². The molecule has 0 spiro atoms. The molecule has 0 unspecified atom stereocenters. The second kappa shape index (κ2) is 9.71. The van der Waals surface area contributed by atoms with Crippen LogP contribution in [0.1, 0.15) is 35.2 Å². The number of benzene rings is 1. The molecule has 0 bridgehead atoms. The van der Waals surface area contributed by atoms with Gasteiger partial charge in [-0.25, -0.2) is 4.98 Å². The Balaban J connectivity index is 1.61. The topological polar surface area (TPSA) is 85.0 Å². The summed E-state index contributed by atoms with van der Waals surface area (Å²) in [6.07, 6.45) is 9.85. The fourth-order valence-corrected chi connectivity index (χ4v) is 4.71. The molecular weight excluding hydrogens is 487 g/mol. The second-order valence-corrected chi connectivity index (χ2v) is 9.53. The number of pyridine rings is 2. The van der Waals surface area contributed by atoms with Crippen LogP contribution >= 0.6 is 23.2 Å². The lowest BCUT2D eigenvalue weighted by Gasteiger charge is -2.28. The molecule has 1 N–H and O–H groups in total. The molecular formula is C25H24Cl2N6O2. The number of hydrogen-bond donors (Lipinski definition) is 1. The molecule has 0 aliphatic carbocycles. The molecule has 180 valence electrons. The van der Waals surface area contributed by atoms with E-state index in [1.807, 2.05) is 6.07 Å². The van der Waals surface area contributed by atoms with E-state index in [4.69, 9.17) is 23.2 Å². The van der Waals surface area contributed by atoms with Crippen LogP contribution in [0.2, 0.25) is 10.0 Å². The number of amides is 1. The van der Waals surface area contributed by atoms with Crippen LogP contribution in [-0.4, -0.2) is 38.3 Å². The summed E-state index contributed by atoms with van der Waals surface area (Å²) >= 11 is 12.2. The van der Waals surface area contributed by atoms with Gasteiger partial charge in [0.05, 0.1) is 39.4 Å². The Morgan fingerprint density at radius 2 is 1.83 bits per heavy atom. The van der Waals surface area contributed by atoms with Crippen molar-refractivity contribution >= 4 is 51.4 Å². The summed E-state index contributed by atoms with van der Waals surface area (Å²) in [5, 5.41) is 8.78. The fourth-order valence-electron chi connectivity index (χ4n) is 4.39. The molecule has 1 aliphatic heterocycles. The van der Waals surface area contributed by atoms with Crippen LogP contribution in [0, 0.1) is 0 Å². The summed E-state index contributed by atoms with van der Waals surface area (Å²) in [4.78, 5) is 33.6. The highest BCUT2D eigenvalue weighted by molar-refractivity contribution is 6.42. The number of rotatable bonds is 5. The highest BCUT2D eigenvalue weighted by atomic mass is 35.5. The molecule has 1 aliphatic rings. The van der Waals surface area contributed by atoms with Gasteiger partial charge in [0.25, 0.3) is 11.5 Å². The zero-order valence-corrected chi connectivity index (χ0v) is 20.7. The molecule has 1 saturated heterocycles. The summed E-state index contributed by atoms with van der Waals surface area (Å²) in [7, 11) is 1.78. The van der Waals surface area contributed by atoms with Crippen LogP contribution in [0.25, 0.3) is 10.8 Å². The molecule has 35 heavy (non-hydrogen) atoms. The molecule has 4 aromatic rings. The standard InChI is InChI=1S/C25H24Cl2N6O2/c1-31-14-17(11-29-31)30-24(34)20-15-33(13-16-5-6-21(26)22(27)9-16)25(35)19-12-28-23(10-18(19)20)32-7-3-2-4-8-32/h5-6,9-12,14-15H,2-4,7-8,13H2,1H3,(H,30,34). The Bertz CT molecular complexity index is 1470. The van der Waals surface area contributed by atoms with Gasteiger partial charge in [0.1, 0.15) is 5.82 Å². The van der Waals surface area contributed by atoms with Gasteiger partial charge in [-0.1, -0.05) is 29.3 Å². The number of piperidine rings is 1. The fraction of sp³-hybridized carbons (Fsp3) is 0.280. The quantitative estimate of drug-likeness (QED) is 0.419. The van der Waals surface area contributed by atoms with Crippen molar-refractivity contribution in [2.24, 2.45) is 7.05 Å². The number of anilines is 2. The predicted octanol–water partition coefficient (Wildman–Crippen LogP) is 4.73. The molecule has 4 heterocycles. The minimum absolute atomic E-state index is 0.229. The Morgan fingerprint density at radius 3 is 2.54 bits per heavy atom. The van der Waals surface area contributed by atoms with E-state index in [0.717, 1.165) is 37.3 Å². The summed E-state index contributed by atoms with van der Waals surface area (Å²) in [6.45, 7) is 2.04. The SMILES string of the molecule is Cn1cc(NC(=O)c2cn(Cc3ccc(Cl)c(Cl)c3)c(=O)c3cnc(N4CCCCC4)cc23)cn1. The first-order chi connectivity index (χ1) is 16.9. The molecule has 0 saturated carbocycles. The predicted molar refractivity (Wildman–Crippen MR) is 139 cm³/mol. The maximum Gasteiger partial charge on any atom is 0.260 e. The van der Waals surface area contributed by atoms with Crippen molar-refractivity contribution in [2.45, 2.75) is 25.8 Å². The van der Waals surface area contributed by atoms with Gasteiger partial charge in [0.15, 0.2) is 0 Å². The van der Waals surface area contributed by atoms with Gasteiger partial charge in [-0.05, 0) is 43.0 Å². The third-order valence-corrected chi connectivity index (χ3v) is 6.92. The van der Waals surface area contributed by atoms with Crippen LogP contribution in [0.15, 0.2) is 53.8 Å². The monoisotopic (exact) mass is 510 g/mol. The molecule has 1 amide bonds. The smallest absolute Gasteiger partial charge is 0.260 e. The first kappa shape index (κ1) is 23.4. The zero-order chi connectivity index (χ0) is 24.5. The molecule has 1 fully saturated rings. The lowest BCUT2D eigenvalue weighted by molar-refractivity contribution is 0.102. The zero-order valence-electron chi connectivity index (χ0n) is 19.2. The van der Waals surface area contributed by atoms with E-state index in [-0.39, 0.29) is 18.0 Å². The average Bonchev–Trinajstić information content (AvgIpc) is 3.27. The minimum atomic E-state index is -0.332. The summed E-state index contributed by atoms with van der Waals surface area (Å²) in [5.74, 6) is 0.441. The molecule has 3 aromatic heterocycles. The van der Waals surface area contributed by atoms with Crippen molar-refractivity contribution in [3.8, 4) is 0 Å². The molecule has 0 radical (unpaired) electrons. The number of aromatic nitrogens is 4. The maximum atomic E-state index is 13.4. The van der Waals surface area contributed by atoms with Crippen LogP contribution in [0.5, 0.6) is 0 Å². The van der Waals surface area contributed by atoms with Gasteiger partial charge in [-0.15, -0.1) is 0 Å². The first-order valence-electron chi connectivity index (χ1n) is 11.4. The minimum Gasteiger partial charge on any atom is -0.357 e. The van der Waals surface area contributed by atoms with Gasteiger partial charge >= 0.3 is 0 Å². The van der Waals surface area contributed by atoms with E-state index >= 15 is 0 Å². The summed E-state index contributed by atoms with van der Waals surface area (Å²) in [5.41, 5.74) is 1.50. The van der Waals surface area contributed by atoms with E-state index in [1.54, 1.807) is 54.7 Å². The summed E-state index contributed by atoms with van der Waals surface area (Å²) < 4.78 is 3.11. The molecule has 8 nitrogen and oxygen atoms in total. The van der Waals surface area contributed by atoms with Gasteiger partial charge in [-0.2, -0.15) is 5.10 Å². The van der Waals surface area contributed by atoms with E-state index < -0.39 is 0 Å². The maximum absolute atomic E-state index is 13.4. The first-order valence-corrected chi connectivity index (χ1v) is 12.2. The van der Waals surface area contributed by atoms with Crippen molar-refractivity contribution < 1.29 is 4.79 Å². The van der Waals surface area contributed by atoms with Crippen molar-refractivity contribution in [1.82, 2.24) is 19.3 Å². The lowest BCUT2D eigenvalue weighted by Crippen LogP contribution is -2.30. The Kier molecular flexibility index (Phi) is 6.49. The Hall–Kier alpha value is -3.36. The van der Waals surface area contributed by atoms with Crippen LogP contribution < -0.4 is 15.8 Å². The number of carbonyl (C=O) groups excluding carboxylic acids is 1.